The number of hydrogen-bond donors (Lipinski definition) is 0. The van der Waals surface area contributed by atoms with Crippen molar-refractivity contribution < 1.29 is 0 Å². The van der Waals surface area contributed by atoms with Crippen LogP contribution in [-0.4, -0.2) is 14.8 Å². The summed E-state index contributed by atoms with van der Waals surface area (Å²) in [5.74, 6) is 0. The Bertz CT molecular complexity index is 2360. The summed E-state index contributed by atoms with van der Waals surface area (Å²) in [6, 6.07) is 64.5. The van der Waals surface area contributed by atoms with E-state index in [4.69, 9.17) is 0 Å². The summed E-state index contributed by atoms with van der Waals surface area (Å²) in [5, 5.41) is 5.85. The molecular weight excluding hydrogens is 593 g/mol. The van der Waals surface area contributed by atoms with Crippen molar-refractivity contribution in [2.75, 3.05) is 4.90 Å². The molecule has 226 valence electrons. The molecule has 0 fully saturated rings. The molecule has 2 heterocycles. The van der Waals surface area contributed by atoms with Crippen LogP contribution in [0.1, 0.15) is 25.0 Å². The van der Waals surface area contributed by atoms with E-state index in [0.29, 0.717) is 0 Å². The van der Waals surface area contributed by atoms with Crippen molar-refractivity contribution in [1.29, 1.82) is 0 Å². The van der Waals surface area contributed by atoms with Crippen molar-refractivity contribution in [3.63, 3.8) is 0 Å². The molecule has 0 unspecified atom stereocenters. The molecule has 1 aliphatic carbocycles. The van der Waals surface area contributed by atoms with Crippen LogP contribution in [0, 0.1) is 0 Å². The third-order valence-electron chi connectivity index (χ3n) is 11.4. The number of hydrogen-bond acceptors (Lipinski definition) is 1. The van der Waals surface area contributed by atoms with Crippen LogP contribution in [0.15, 0.2) is 170 Å². The van der Waals surface area contributed by atoms with Gasteiger partial charge < -0.3 is 4.90 Å². The second-order valence-electron chi connectivity index (χ2n) is 14.0. The molecule has 48 heavy (non-hydrogen) atoms. The van der Waals surface area contributed by atoms with E-state index in [2.05, 4.69) is 189 Å². The maximum atomic E-state index is 2.56. The molecular formula is C45H34BNSi. The first-order valence-electron chi connectivity index (χ1n) is 17.1. The van der Waals surface area contributed by atoms with E-state index < -0.39 is 8.07 Å². The molecule has 7 aromatic rings. The Morgan fingerprint density at radius 2 is 1.06 bits per heavy atom. The topological polar surface area (TPSA) is 3.24 Å². The predicted molar refractivity (Wildman–Crippen MR) is 207 cm³/mol. The maximum Gasteiger partial charge on any atom is 0.246 e. The summed E-state index contributed by atoms with van der Waals surface area (Å²) in [6.07, 6.45) is 0. The molecule has 3 aliphatic rings. The lowest BCUT2D eigenvalue weighted by Crippen LogP contribution is -2.87. The van der Waals surface area contributed by atoms with E-state index in [1.165, 1.54) is 76.5 Å². The van der Waals surface area contributed by atoms with Gasteiger partial charge >= 0.3 is 0 Å². The summed E-state index contributed by atoms with van der Waals surface area (Å²) in [6.45, 7) is 4.91. The van der Waals surface area contributed by atoms with Gasteiger partial charge in [0.05, 0.1) is 0 Å². The third-order valence-corrected chi connectivity index (χ3v) is 16.3. The molecule has 0 bridgehead atoms. The Hall–Kier alpha value is -5.38. The van der Waals surface area contributed by atoms with Crippen LogP contribution in [0.2, 0.25) is 0 Å². The Balaban J connectivity index is 1.30. The second-order valence-corrected chi connectivity index (χ2v) is 17.8. The van der Waals surface area contributed by atoms with Crippen LogP contribution in [0.25, 0.3) is 11.1 Å². The van der Waals surface area contributed by atoms with Gasteiger partial charge in [0.2, 0.25) is 6.71 Å². The molecule has 0 radical (unpaired) electrons. The molecule has 3 heteroatoms. The van der Waals surface area contributed by atoms with Crippen molar-refractivity contribution in [2.45, 2.75) is 19.3 Å². The molecule has 0 aromatic heterocycles. The zero-order chi connectivity index (χ0) is 32.0. The molecule has 0 spiro atoms. The second kappa shape index (κ2) is 10.1. The first-order valence-corrected chi connectivity index (χ1v) is 19.1. The van der Waals surface area contributed by atoms with Crippen LogP contribution < -0.4 is 42.0 Å². The molecule has 0 saturated heterocycles. The fourth-order valence-electron chi connectivity index (χ4n) is 9.43. The molecule has 0 atom stereocenters. The summed E-state index contributed by atoms with van der Waals surface area (Å²) in [5.41, 5.74) is 13.5. The molecule has 0 N–H and O–H groups in total. The average Bonchev–Trinajstić information content (AvgIpc) is 3.38. The molecule has 1 nitrogen and oxygen atoms in total. The highest BCUT2D eigenvalue weighted by molar-refractivity contribution is 7.26. The van der Waals surface area contributed by atoms with E-state index >= 15 is 0 Å². The highest BCUT2D eigenvalue weighted by Crippen LogP contribution is 2.50. The minimum atomic E-state index is -2.69. The summed E-state index contributed by atoms with van der Waals surface area (Å²) >= 11 is 0. The lowest BCUT2D eigenvalue weighted by Gasteiger charge is -2.47. The number of para-hydroxylation sites is 1. The van der Waals surface area contributed by atoms with Gasteiger partial charge in [-0.3, -0.25) is 0 Å². The van der Waals surface area contributed by atoms with E-state index in [1.807, 2.05) is 0 Å². The predicted octanol–water partition coefficient (Wildman–Crippen LogP) is 5.98. The van der Waals surface area contributed by atoms with Crippen LogP contribution in [0.5, 0.6) is 0 Å². The van der Waals surface area contributed by atoms with Crippen LogP contribution in [-0.2, 0) is 5.41 Å². The van der Waals surface area contributed by atoms with Crippen molar-refractivity contribution in [3.8, 4) is 11.1 Å². The number of fused-ring (bicyclic) bond motifs is 7. The molecule has 0 saturated carbocycles. The number of benzene rings is 7. The quantitative estimate of drug-likeness (QED) is 0.218. The summed E-state index contributed by atoms with van der Waals surface area (Å²) < 4.78 is 0. The monoisotopic (exact) mass is 627 g/mol. The summed E-state index contributed by atoms with van der Waals surface area (Å²) in [7, 11) is -2.69. The Morgan fingerprint density at radius 1 is 0.479 bits per heavy atom. The molecule has 10 rings (SSSR count). The Labute approximate surface area is 284 Å². The van der Waals surface area contributed by atoms with Crippen molar-refractivity contribution >= 4 is 69.0 Å². The van der Waals surface area contributed by atoms with Crippen molar-refractivity contribution in [2.24, 2.45) is 0 Å². The normalized spacial score (nSPS) is 15.5. The largest absolute Gasteiger partial charge is 0.312 e. The standard InChI is InChI=1S/C45H34BNSi/c1-45(2)36-21-10-9-20-34(36)35-29-28-31(30-37(35)45)47-40-24-13-11-22-38(40)46-39-23-12-14-26-42(39)48(32-16-5-3-6-17-32,33-18-7-4-8-19-33)43-27-15-25-41(47)44(43)46/h3-30H,1-2H3. The van der Waals surface area contributed by atoms with Gasteiger partial charge in [0.1, 0.15) is 0 Å². The van der Waals surface area contributed by atoms with Crippen molar-refractivity contribution in [3.05, 3.63) is 181 Å². The highest BCUT2D eigenvalue weighted by atomic mass is 28.3. The fourth-order valence-corrected chi connectivity index (χ4v) is 14.7. The average molecular weight is 628 g/mol. The van der Waals surface area contributed by atoms with Gasteiger partial charge in [-0.05, 0) is 78.2 Å². The Morgan fingerprint density at radius 3 is 1.83 bits per heavy atom. The van der Waals surface area contributed by atoms with Gasteiger partial charge in [0.25, 0.3) is 0 Å². The molecule has 7 aromatic carbocycles. The first kappa shape index (κ1) is 27.7. The first-order chi connectivity index (χ1) is 23.6. The fraction of sp³-hybridized carbons (Fsp3) is 0.0667. The minimum Gasteiger partial charge on any atom is -0.312 e. The number of nitrogens with zero attached hydrogens (tertiary/aromatic N) is 1. The minimum absolute atomic E-state index is 0.0719. The number of anilines is 3. The van der Waals surface area contributed by atoms with Crippen LogP contribution in [0.3, 0.4) is 0 Å². The van der Waals surface area contributed by atoms with Gasteiger partial charge in [-0.25, -0.2) is 0 Å². The highest BCUT2D eigenvalue weighted by Gasteiger charge is 2.52. The van der Waals surface area contributed by atoms with Gasteiger partial charge in [-0.1, -0.05) is 165 Å². The van der Waals surface area contributed by atoms with Crippen molar-refractivity contribution in [1.82, 2.24) is 0 Å². The third kappa shape index (κ3) is 3.52. The van der Waals surface area contributed by atoms with Gasteiger partial charge in [-0.2, -0.15) is 0 Å². The van der Waals surface area contributed by atoms with Gasteiger partial charge in [0, 0.05) is 22.5 Å². The van der Waals surface area contributed by atoms with E-state index in [9.17, 15) is 0 Å². The summed E-state index contributed by atoms with van der Waals surface area (Å²) in [4.78, 5) is 2.56. The van der Waals surface area contributed by atoms with Gasteiger partial charge in [0.15, 0.2) is 8.07 Å². The van der Waals surface area contributed by atoms with Gasteiger partial charge in [-0.15, -0.1) is 0 Å². The Kier molecular flexibility index (Phi) is 5.81. The molecule has 0 amide bonds. The smallest absolute Gasteiger partial charge is 0.246 e. The van der Waals surface area contributed by atoms with Crippen LogP contribution >= 0.6 is 0 Å². The lowest BCUT2D eigenvalue weighted by atomic mass is 9.35. The van der Waals surface area contributed by atoms with E-state index in [1.54, 1.807) is 0 Å². The van der Waals surface area contributed by atoms with Crippen LogP contribution in [0.4, 0.5) is 17.1 Å². The SMILES string of the molecule is CC1(C)c2ccccc2-c2ccc(N3c4ccccc4B4c5ccccc5[Si](c5ccccc5)(c5ccccc5)c5cccc3c54)cc21. The number of rotatable bonds is 3. The lowest BCUT2D eigenvalue weighted by molar-refractivity contribution is 0.660. The molecule has 2 aliphatic heterocycles. The van der Waals surface area contributed by atoms with E-state index in [0.717, 1.165) is 0 Å². The maximum absolute atomic E-state index is 2.69. The van der Waals surface area contributed by atoms with E-state index in [-0.39, 0.29) is 12.1 Å². The zero-order valence-electron chi connectivity index (χ0n) is 27.2. The zero-order valence-corrected chi connectivity index (χ0v) is 28.2.